The predicted molar refractivity (Wildman–Crippen MR) is 85.4 cm³/mol. The van der Waals surface area contributed by atoms with Crippen molar-refractivity contribution in [2.75, 3.05) is 19.6 Å². The summed E-state index contributed by atoms with van der Waals surface area (Å²) in [6.07, 6.45) is 4.71. The third kappa shape index (κ3) is 4.22. The van der Waals surface area contributed by atoms with Crippen molar-refractivity contribution in [2.45, 2.75) is 58.9 Å². The Labute approximate surface area is 127 Å². The van der Waals surface area contributed by atoms with E-state index in [0.717, 1.165) is 49.9 Å². The molecule has 2 rings (SSSR count). The molecule has 118 valence electrons. The fourth-order valence-electron chi connectivity index (χ4n) is 2.81. The van der Waals surface area contributed by atoms with Crippen molar-refractivity contribution in [3.05, 3.63) is 17.5 Å². The van der Waals surface area contributed by atoms with E-state index in [0.29, 0.717) is 12.5 Å². The number of hydrogen-bond donors (Lipinski definition) is 1. The van der Waals surface area contributed by atoms with Gasteiger partial charge in [-0.15, -0.1) is 0 Å². The number of rotatable bonds is 6. The fourth-order valence-corrected chi connectivity index (χ4v) is 2.81. The van der Waals surface area contributed by atoms with E-state index in [-0.39, 0.29) is 0 Å². The minimum absolute atomic E-state index is 0.498. The summed E-state index contributed by atoms with van der Waals surface area (Å²) in [5, 5.41) is 7.56. The number of hydrogen-bond acceptors (Lipinski definition) is 3. The molecule has 1 aromatic heterocycles. The highest BCUT2D eigenvalue weighted by Gasteiger charge is 2.16. The summed E-state index contributed by atoms with van der Waals surface area (Å²) >= 11 is 0. The van der Waals surface area contributed by atoms with Gasteiger partial charge in [0, 0.05) is 31.6 Å². The molecule has 0 saturated carbocycles. The van der Waals surface area contributed by atoms with Crippen molar-refractivity contribution >= 4 is 5.96 Å². The lowest BCUT2D eigenvalue weighted by Gasteiger charge is -2.20. The summed E-state index contributed by atoms with van der Waals surface area (Å²) in [5.41, 5.74) is 1.07. The van der Waals surface area contributed by atoms with E-state index in [1.54, 1.807) is 0 Å². The summed E-state index contributed by atoms with van der Waals surface area (Å²) in [5.74, 6) is 2.35. The molecule has 1 aliphatic heterocycles. The highest BCUT2D eigenvalue weighted by Crippen LogP contribution is 2.22. The predicted octanol–water partition coefficient (Wildman–Crippen LogP) is 3.14. The molecule has 1 aromatic rings. The second-order valence-corrected chi connectivity index (χ2v) is 5.60. The van der Waals surface area contributed by atoms with Crippen LogP contribution in [-0.2, 0) is 6.54 Å². The number of nitrogens with zero attached hydrogens (tertiary/aromatic N) is 3. The number of nitrogens with one attached hydrogen (secondary N) is 1. The van der Waals surface area contributed by atoms with Crippen molar-refractivity contribution < 1.29 is 4.52 Å². The monoisotopic (exact) mass is 292 g/mol. The van der Waals surface area contributed by atoms with Crippen LogP contribution in [0.25, 0.3) is 0 Å². The van der Waals surface area contributed by atoms with Crippen molar-refractivity contribution in [3.8, 4) is 0 Å². The maximum absolute atomic E-state index is 5.44. The zero-order valence-electron chi connectivity index (χ0n) is 13.6. The molecule has 0 amide bonds. The molecule has 5 heteroatoms. The Balaban J connectivity index is 2.00. The van der Waals surface area contributed by atoms with Gasteiger partial charge in [-0.3, -0.25) is 0 Å². The van der Waals surface area contributed by atoms with Crippen molar-refractivity contribution in [1.29, 1.82) is 0 Å². The van der Waals surface area contributed by atoms with Gasteiger partial charge < -0.3 is 14.7 Å². The van der Waals surface area contributed by atoms with Crippen molar-refractivity contribution in [3.63, 3.8) is 0 Å². The first-order valence-electron chi connectivity index (χ1n) is 8.27. The minimum Gasteiger partial charge on any atom is -0.359 e. The maximum atomic E-state index is 5.44. The zero-order chi connectivity index (χ0) is 15.1. The van der Waals surface area contributed by atoms with Crippen LogP contribution in [0.4, 0.5) is 0 Å². The van der Waals surface area contributed by atoms with Gasteiger partial charge in [-0.25, -0.2) is 4.99 Å². The van der Waals surface area contributed by atoms with E-state index >= 15 is 0 Å². The Morgan fingerprint density at radius 1 is 1.33 bits per heavy atom. The van der Waals surface area contributed by atoms with Crippen LogP contribution < -0.4 is 5.32 Å². The lowest BCUT2D eigenvalue weighted by atomic mass is 9.99. The summed E-state index contributed by atoms with van der Waals surface area (Å²) in [6, 6.07) is 2.06. The van der Waals surface area contributed by atoms with Gasteiger partial charge in [0.2, 0.25) is 0 Å². The third-order valence-electron chi connectivity index (χ3n) is 4.11. The van der Waals surface area contributed by atoms with Gasteiger partial charge in [-0.1, -0.05) is 19.0 Å². The van der Waals surface area contributed by atoms with Gasteiger partial charge in [0.1, 0.15) is 6.54 Å². The van der Waals surface area contributed by atoms with E-state index in [1.807, 2.05) is 0 Å². The molecular weight excluding hydrogens is 264 g/mol. The molecule has 0 radical (unpaired) electrons. The van der Waals surface area contributed by atoms with Crippen molar-refractivity contribution in [2.24, 2.45) is 4.99 Å². The number of aromatic nitrogens is 1. The third-order valence-corrected chi connectivity index (χ3v) is 4.11. The summed E-state index contributed by atoms with van der Waals surface area (Å²) in [7, 11) is 0. The topological polar surface area (TPSA) is 53.7 Å². The Morgan fingerprint density at radius 2 is 2.05 bits per heavy atom. The van der Waals surface area contributed by atoms with Crippen LogP contribution in [0.1, 0.15) is 63.8 Å². The Kier molecular flexibility index (Phi) is 6.08. The Hall–Kier alpha value is -1.52. The molecule has 0 unspecified atom stereocenters. The molecule has 0 atom stereocenters. The van der Waals surface area contributed by atoms with Gasteiger partial charge >= 0.3 is 0 Å². The Bertz CT molecular complexity index is 445. The van der Waals surface area contributed by atoms with Gasteiger partial charge in [0.05, 0.1) is 5.69 Å². The molecule has 1 aliphatic rings. The van der Waals surface area contributed by atoms with E-state index in [9.17, 15) is 0 Å². The zero-order valence-corrected chi connectivity index (χ0v) is 13.6. The highest BCUT2D eigenvalue weighted by atomic mass is 16.5. The summed E-state index contributed by atoms with van der Waals surface area (Å²) in [4.78, 5) is 7.01. The number of likely N-dealkylation sites (tertiary alicyclic amines) is 1. The first-order chi connectivity index (χ1) is 10.3. The molecule has 2 heterocycles. The SMILES string of the molecule is CCNC(=NCc1cc(C(CC)CC)no1)N1CCCC1. The van der Waals surface area contributed by atoms with E-state index < -0.39 is 0 Å². The van der Waals surface area contributed by atoms with Gasteiger partial charge in [0.25, 0.3) is 0 Å². The highest BCUT2D eigenvalue weighted by molar-refractivity contribution is 5.80. The average molecular weight is 292 g/mol. The lowest BCUT2D eigenvalue weighted by molar-refractivity contribution is 0.371. The first kappa shape index (κ1) is 15.9. The molecule has 0 aliphatic carbocycles. The van der Waals surface area contributed by atoms with Crippen LogP contribution in [0.3, 0.4) is 0 Å². The first-order valence-corrected chi connectivity index (χ1v) is 8.27. The number of aliphatic imine (C=N–C) groups is 1. The molecule has 21 heavy (non-hydrogen) atoms. The molecular formula is C16H28N4O. The van der Waals surface area contributed by atoms with Crippen LogP contribution in [0.2, 0.25) is 0 Å². The molecule has 1 fully saturated rings. The van der Waals surface area contributed by atoms with E-state index in [1.165, 1.54) is 12.8 Å². The smallest absolute Gasteiger partial charge is 0.194 e. The molecule has 1 saturated heterocycles. The van der Waals surface area contributed by atoms with E-state index in [2.05, 4.69) is 47.2 Å². The molecule has 0 aromatic carbocycles. The van der Waals surface area contributed by atoms with Gasteiger partial charge in [0.15, 0.2) is 11.7 Å². The standard InChI is InChI=1S/C16H28N4O/c1-4-13(5-2)15-11-14(21-19-15)12-18-16(17-6-3)20-9-7-8-10-20/h11,13H,4-10,12H2,1-3H3,(H,17,18). The van der Waals surface area contributed by atoms with Gasteiger partial charge in [-0.05, 0) is 32.6 Å². The maximum Gasteiger partial charge on any atom is 0.194 e. The number of guanidine groups is 1. The largest absolute Gasteiger partial charge is 0.359 e. The Morgan fingerprint density at radius 3 is 2.67 bits per heavy atom. The van der Waals surface area contributed by atoms with Gasteiger partial charge in [-0.2, -0.15) is 0 Å². The van der Waals surface area contributed by atoms with Crippen molar-refractivity contribution in [1.82, 2.24) is 15.4 Å². The molecule has 5 nitrogen and oxygen atoms in total. The molecule has 0 bridgehead atoms. The summed E-state index contributed by atoms with van der Waals surface area (Å²) < 4.78 is 5.44. The second-order valence-electron chi connectivity index (χ2n) is 5.60. The van der Waals surface area contributed by atoms with E-state index in [4.69, 9.17) is 4.52 Å². The fraction of sp³-hybridized carbons (Fsp3) is 0.750. The normalized spacial score (nSPS) is 16.0. The second kappa shape index (κ2) is 8.05. The molecule has 1 N–H and O–H groups in total. The average Bonchev–Trinajstić information content (AvgIpc) is 3.17. The molecule has 0 spiro atoms. The minimum atomic E-state index is 0.498. The summed E-state index contributed by atoms with van der Waals surface area (Å²) in [6.45, 7) is 10.1. The van der Waals surface area contributed by atoms with Crippen LogP contribution in [-0.4, -0.2) is 35.7 Å². The van der Waals surface area contributed by atoms with Crippen LogP contribution in [0.15, 0.2) is 15.6 Å². The lowest BCUT2D eigenvalue weighted by Crippen LogP contribution is -2.39. The quantitative estimate of drug-likeness (QED) is 0.646. The van der Waals surface area contributed by atoms with Crippen LogP contribution >= 0.6 is 0 Å². The van der Waals surface area contributed by atoms with Crippen LogP contribution in [0.5, 0.6) is 0 Å². The van der Waals surface area contributed by atoms with Crippen LogP contribution in [0, 0.1) is 0 Å².